The molecule has 0 saturated carbocycles. The number of carbonyl (C=O) groups is 1. The Balaban J connectivity index is 2.44. The molecule has 1 saturated heterocycles. The van der Waals surface area contributed by atoms with Crippen molar-refractivity contribution in [3.63, 3.8) is 0 Å². The second kappa shape index (κ2) is 4.61. The maximum atomic E-state index is 11.7. The third-order valence-electron chi connectivity index (χ3n) is 2.57. The monoisotopic (exact) mass is 184 g/mol. The summed E-state index contributed by atoms with van der Waals surface area (Å²) in [6.07, 6.45) is 3.61. The van der Waals surface area contributed by atoms with Gasteiger partial charge in [-0.1, -0.05) is 0 Å². The highest BCUT2D eigenvalue weighted by Gasteiger charge is 2.22. The van der Waals surface area contributed by atoms with Crippen LogP contribution in [0.5, 0.6) is 0 Å². The van der Waals surface area contributed by atoms with E-state index < -0.39 is 0 Å². The molecule has 0 spiro atoms. The first kappa shape index (κ1) is 10.5. The van der Waals surface area contributed by atoms with Crippen LogP contribution >= 0.6 is 0 Å². The standard InChI is InChI=1S/C10H20N2O/c1-9-6-4-5-7-12(9)10(13)8-11(2)3/h9H,4-8H2,1-3H3. The Bertz CT molecular complexity index is 180. The number of likely N-dealkylation sites (N-methyl/N-ethyl adjacent to an activating group) is 1. The molecule has 1 aliphatic rings. The quantitative estimate of drug-likeness (QED) is 0.638. The lowest BCUT2D eigenvalue weighted by Crippen LogP contribution is -2.45. The van der Waals surface area contributed by atoms with Gasteiger partial charge >= 0.3 is 0 Å². The van der Waals surface area contributed by atoms with Crippen molar-refractivity contribution in [2.24, 2.45) is 0 Å². The molecule has 0 aliphatic carbocycles. The Morgan fingerprint density at radius 2 is 2.15 bits per heavy atom. The number of amides is 1. The first-order chi connectivity index (χ1) is 6.11. The van der Waals surface area contributed by atoms with Crippen LogP contribution in [0.15, 0.2) is 0 Å². The van der Waals surface area contributed by atoms with Crippen molar-refractivity contribution in [2.75, 3.05) is 27.2 Å². The van der Waals surface area contributed by atoms with Crippen molar-refractivity contribution in [3.8, 4) is 0 Å². The summed E-state index contributed by atoms with van der Waals surface area (Å²) in [7, 11) is 3.87. The minimum absolute atomic E-state index is 0.275. The van der Waals surface area contributed by atoms with Crippen LogP contribution < -0.4 is 0 Å². The molecule has 0 radical (unpaired) electrons. The molecule has 1 heterocycles. The number of hydrogen-bond donors (Lipinski definition) is 0. The highest BCUT2D eigenvalue weighted by atomic mass is 16.2. The summed E-state index contributed by atoms with van der Waals surface area (Å²) in [4.78, 5) is 15.7. The molecule has 0 aromatic rings. The highest BCUT2D eigenvalue weighted by Crippen LogP contribution is 2.16. The molecule has 76 valence electrons. The van der Waals surface area contributed by atoms with E-state index in [1.165, 1.54) is 19.3 Å². The van der Waals surface area contributed by atoms with Gasteiger partial charge in [-0.3, -0.25) is 4.79 Å². The summed E-state index contributed by atoms with van der Waals surface area (Å²) in [6, 6.07) is 0.446. The van der Waals surface area contributed by atoms with Gasteiger partial charge in [-0.25, -0.2) is 0 Å². The summed E-state index contributed by atoms with van der Waals surface area (Å²) in [5.74, 6) is 0.275. The molecular weight excluding hydrogens is 164 g/mol. The first-order valence-corrected chi connectivity index (χ1v) is 5.05. The number of hydrogen-bond acceptors (Lipinski definition) is 2. The summed E-state index contributed by atoms with van der Waals surface area (Å²) in [5, 5.41) is 0. The van der Waals surface area contributed by atoms with Crippen molar-refractivity contribution in [1.29, 1.82) is 0 Å². The van der Waals surface area contributed by atoms with Gasteiger partial charge in [0.2, 0.25) is 5.91 Å². The Kier molecular flexibility index (Phi) is 3.72. The van der Waals surface area contributed by atoms with Crippen molar-refractivity contribution in [3.05, 3.63) is 0 Å². The second-order valence-electron chi connectivity index (χ2n) is 4.17. The van der Waals surface area contributed by atoms with Crippen LogP contribution in [-0.4, -0.2) is 48.9 Å². The number of piperidine rings is 1. The Hall–Kier alpha value is -0.570. The summed E-state index contributed by atoms with van der Waals surface area (Å²) >= 11 is 0. The van der Waals surface area contributed by atoms with E-state index in [2.05, 4.69) is 6.92 Å². The topological polar surface area (TPSA) is 23.6 Å². The van der Waals surface area contributed by atoms with Gasteiger partial charge in [0.25, 0.3) is 0 Å². The largest absolute Gasteiger partial charge is 0.339 e. The summed E-state index contributed by atoms with van der Waals surface area (Å²) in [5.41, 5.74) is 0. The molecule has 1 atom stereocenters. The van der Waals surface area contributed by atoms with Gasteiger partial charge in [-0.15, -0.1) is 0 Å². The maximum Gasteiger partial charge on any atom is 0.236 e. The fourth-order valence-corrected chi connectivity index (χ4v) is 1.83. The van der Waals surface area contributed by atoms with Crippen LogP contribution in [0.3, 0.4) is 0 Å². The van der Waals surface area contributed by atoms with Crippen LogP contribution in [-0.2, 0) is 4.79 Å². The van der Waals surface area contributed by atoms with Gasteiger partial charge in [0.1, 0.15) is 0 Å². The molecule has 1 amide bonds. The Morgan fingerprint density at radius 3 is 2.69 bits per heavy atom. The molecule has 3 nitrogen and oxygen atoms in total. The predicted octanol–water partition coefficient (Wildman–Crippen LogP) is 0.949. The normalized spacial score (nSPS) is 23.7. The SMILES string of the molecule is CC1CCCCN1C(=O)CN(C)C. The zero-order chi connectivity index (χ0) is 9.84. The molecule has 1 rings (SSSR count). The number of likely N-dealkylation sites (tertiary alicyclic amines) is 1. The highest BCUT2D eigenvalue weighted by molar-refractivity contribution is 5.78. The third-order valence-corrected chi connectivity index (χ3v) is 2.57. The van der Waals surface area contributed by atoms with E-state index in [9.17, 15) is 4.79 Å². The van der Waals surface area contributed by atoms with E-state index in [0.29, 0.717) is 12.6 Å². The van der Waals surface area contributed by atoms with E-state index in [1.54, 1.807) is 0 Å². The molecule has 13 heavy (non-hydrogen) atoms. The van der Waals surface area contributed by atoms with Crippen molar-refractivity contribution in [1.82, 2.24) is 9.80 Å². The van der Waals surface area contributed by atoms with E-state index in [-0.39, 0.29) is 5.91 Å². The first-order valence-electron chi connectivity index (χ1n) is 5.05. The lowest BCUT2D eigenvalue weighted by Gasteiger charge is -2.34. The van der Waals surface area contributed by atoms with Gasteiger partial charge in [0.15, 0.2) is 0 Å². The molecule has 0 aromatic heterocycles. The molecule has 0 aromatic carbocycles. The van der Waals surface area contributed by atoms with Gasteiger partial charge < -0.3 is 9.80 Å². The fraction of sp³-hybridized carbons (Fsp3) is 0.900. The lowest BCUT2D eigenvalue weighted by atomic mass is 10.0. The van der Waals surface area contributed by atoms with Crippen LogP contribution in [0.1, 0.15) is 26.2 Å². The van der Waals surface area contributed by atoms with E-state index in [1.807, 2.05) is 23.9 Å². The fourth-order valence-electron chi connectivity index (χ4n) is 1.83. The summed E-state index contributed by atoms with van der Waals surface area (Å²) in [6.45, 7) is 3.64. The zero-order valence-corrected chi connectivity index (χ0v) is 8.92. The predicted molar refractivity (Wildman–Crippen MR) is 53.6 cm³/mol. The summed E-state index contributed by atoms with van der Waals surface area (Å²) < 4.78 is 0. The Labute approximate surface area is 80.7 Å². The van der Waals surface area contributed by atoms with Crippen LogP contribution in [0.2, 0.25) is 0 Å². The van der Waals surface area contributed by atoms with Crippen molar-refractivity contribution < 1.29 is 4.79 Å². The van der Waals surface area contributed by atoms with Crippen molar-refractivity contribution in [2.45, 2.75) is 32.2 Å². The molecule has 1 aliphatic heterocycles. The third kappa shape index (κ3) is 2.99. The van der Waals surface area contributed by atoms with E-state index in [4.69, 9.17) is 0 Å². The average molecular weight is 184 g/mol. The maximum absolute atomic E-state index is 11.7. The van der Waals surface area contributed by atoms with Gasteiger partial charge in [-0.2, -0.15) is 0 Å². The molecule has 3 heteroatoms. The van der Waals surface area contributed by atoms with Gasteiger partial charge in [-0.05, 0) is 40.3 Å². The van der Waals surface area contributed by atoms with E-state index >= 15 is 0 Å². The van der Waals surface area contributed by atoms with Gasteiger partial charge in [0, 0.05) is 12.6 Å². The smallest absolute Gasteiger partial charge is 0.236 e. The number of carbonyl (C=O) groups excluding carboxylic acids is 1. The molecule has 1 fully saturated rings. The Morgan fingerprint density at radius 1 is 1.46 bits per heavy atom. The van der Waals surface area contributed by atoms with Crippen LogP contribution in [0, 0.1) is 0 Å². The molecule has 0 bridgehead atoms. The number of rotatable bonds is 2. The zero-order valence-electron chi connectivity index (χ0n) is 8.92. The van der Waals surface area contributed by atoms with E-state index in [0.717, 1.165) is 6.54 Å². The molecular formula is C10H20N2O. The minimum Gasteiger partial charge on any atom is -0.339 e. The number of nitrogens with zero attached hydrogens (tertiary/aromatic N) is 2. The molecule has 0 N–H and O–H groups in total. The van der Waals surface area contributed by atoms with Gasteiger partial charge in [0.05, 0.1) is 6.54 Å². The van der Waals surface area contributed by atoms with Crippen LogP contribution in [0.25, 0.3) is 0 Å². The average Bonchev–Trinajstić information content (AvgIpc) is 2.03. The van der Waals surface area contributed by atoms with Crippen molar-refractivity contribution >= 4 is 5.91 Å². The molecule has 1 unspecified atom stereocenters. The second-order valence-corrected chi connectivity index (χ2v) is 4.17. The van der Waals surface area contributed by atoms with Crippen LogP contribution in [0.4, 0.5) is 0 Å². The lowest BCUT2D eigenvalue weighted by molar-refractivity contribution is -0.135. The minimum atomic E-state index is 0.275.